The van der Waals surface area contributed by atoms with E-state index in [1.807, 2.05) is 12.1 Å². The number of H-pyrrole nitrogens is 1. The van der Waals surface area contributed by atoms with Gasteiger partial charge < -0.3 is 9.72 Å². The van der Waals surface area contributed by atoms with E-state index in [-0.39, 0.29) is 5.56 Å². The van der Waals surface area contributed by atoms with E-state index in [9.17, 15) is 4.79 Å². The molecule has 2 heterocycles. The third kappa shape index (κ3) is 2.46. The number of hydrogen-bond acceptors (Lipinski definition) is 3. The summed E-state index contributed by atoms with van der Waals surface area (Å²) in [6.45, 7) is 2.82. The lowest BCUT2D eigenvalue weighted by atomic mass is 10.1. The van der Waals surface area contributed by atoms with Crippen LogP contribution in [0.4, 0.5) is 0 Å². The molecule has 1 aliphatic rings. The minimum atomic E-state index is -0.0594. The summed E-state index contributed by atoms with van der Waals surface area (Å²) < 4.78 is 6.19. The number of aromatic amines is 1. The average Bonchev–Trinajstić information content (AvgIpc) is 2.91. The van der Waals surface area contributed by atoms with Crippen LogP contribution in [0, 0.1) is 3.57 Å². The number of aryl methyl sites for hydroxylation is 1. The van der Waals surface area contributed by atoms with Crippen LogP contribution in [0.3, 0.4) is 0 Å². The first kappa shape index (κ1) is 13.6. The Kier molecular flexibility index (Phi) is 3.78. The summed E-state index contributed by atoms with van der Waals surface area (Å²) >= 11 is 2.07. The van der Waals surface area contributed by atoms with Gasteiger partial charge >= 0.3 is 0 Å². The second-order valence-corrected chi connectivity index (χ2v) is 5.92. The number of aromatic nitrogens is 2. The minimum Gasteiger partial charge on any atom is -0.493 e. The number of rotatable bonds is 3. The number of nitrogens with one attached hydrogen (secondary N) is 1. The zero-order valence-corrected chi connectivity index (χ0v) is 13.4. The van der Waals surface area contributed by atoms with Crippen molar-refractivity contribution in [2.24, 2.45) is 0 Å². The molecule has 104 valence electrons. The molecular formula is C15H15IN2O2. The molecule has 0 amide bonds. The maximum Gasteiger partial charge on any atom is 0.264 e. The van der Waals surface area contributed by atoms with Gasteiger partial charge in [0.15, 0.2) is 0 Å². The molecule has 0 saturated heterocycles. The number of fused-ring (bicyclic) bond motifs is 1. The summed E-state index contributed by atoms with van der Waals surface area (Å²) in [5.74, 6) is 1.59. The van der Waals surface area contributed by atoms with E-state index in [2.05, 4.69) is 45.5 Å². The summed E-state index contributed by atoms with van der Waals surface area (Å²) in [6.07, 6.45) is 2.72. The lowest BCUT2D eigenvalue weighted by Crippen LogP contribution is -2.16. The standard InChI is InChI=1S/C15H15IN2O2/c1-2-3-11-13(16)15(19)18-14(17-11)10-4-5-12-9(8-10)6-7-20-12/h4-5,8H,2-3,6-7H2,1H3,(H,17,18,19). The molecule has 3 rings (SSSR count). The molecule has 1 aromatic heterocycles. The van der Waals surface area contributed by atoms with Crippen molar-refractivity contribution in [1.82, 2.24) is 9.97 Å². The Morgan fingerprint density at radius 1 is 1.45 bits per heavy atom. The molecule has 0 bridgehead atoms. The predicted octanol–water partition coefficient (Wildman–Crippen LogP) is 2.93. The zero-order chi connectivity index (χ0) is 14.1. The molecule has 0 unspecified atom stereocenters. The van der Waals surface area contributed by atoms with Crippen LogP contribution < -0.4 is 10.3 Å². The highest BCUT2D eigenvalue weighted by Gasteiger charge is 2.15. The fourth-order valence-corrected chi connectivity index (χ4v) is 2.90. The lowest BCUT2D eigenvalue weighted by Gasteiger charge is -2.07. The molecule has 0 aliphatic carbocycles. The monoisotopic (exact) mass is 382 g/mol. The highest BCUT2D eigenvalue weighted by Crippen LogP contribution is 2.29. The predicted molar refractivity (Wildman–Crippen MR) is 86.2 cm³/mol. The number of hydrogen-bond donors (Lipinski definition) is 1. The molecule has 5 heteroatoms. The number of nitrogens with zero attached hydrogens (tertiary/aromatic N) is 1. The lowest BCUT2D eigenvalue weighted by molar-refractivity contribution is 0.357. The summed E-state index contributed by atoms with van der Waals surface area (Å²) in [4.78, 5) is 19.5. The molecule has 1 aromatic carbocycles. The Bertz CT molecular complexity index is 710. The molecule has 1 N–H and O–H groups in total. The van der Waals surface area contributed by atoms with Crippen LogP contribution in [-0.4, -0.2) is 16.6 Å². The molecule has 0 fully saturated rings. The fraction of sp³-hybridized carbons (Fsp3) is 0.333. The van der Waals surface area contributed by atoms with Gasteiger partial charge in [0.1, 0.15) is 11.6 Å². The Morgan fingerprint density at radius 2 is 2.30 bits per heavy atom. The van der Waals surface area contributed by atoms with E-state index in [4.69, 9.17) is 4.74 Å². The minimum absolute atomic E-state index is 0.0594. The van der Waals surface area contributed by atoms with E-state index in [1.54, 1.807) is 0 Å². The van der Waals surface area contributed by atoms with Crippen LogP contribution in [0.1, 0.15) is 24.6 Å². The van der Waals surface area contributed by atoms with Gasteiger partial charge in [0.25, 0.3) is 5.56 Å². The third-order valence-corrected chi connectivity index (χ3v) is 4.49. The Balaban J connectivity index is 2.08. The van der Waals surface area contributed by atoms with Gasteiger partial charge in [-0.3, -0.25) is 4.79 Å². The third-order valence-electron chi connectivity index (χ3n) is 3.38. The maximum absolute atomic E-state index is 12.0. The van der Waals surface area contributed by atoms with Crippen molar-refractivity contribution >= 4 is 22.6 Å². The molecule has 0 radical (unpaired) electrons. The first-order valence-corrected chi connectivity index (χ1v) is 7.81. The van der Waals surface area contributed by atoms with E-state index in [0.29, 0.717) is 9.39 Å². The first-order chi connectivity index (χ1) is 9.69. The van der Waals surface area contributed by atoms with Gasteiger partial charge in [-0.15, -0.1) is 0 Å². The van der Waals surface area contributed by atoms with Crippen LogP contribution in [0.15, 0.2) is 23.0 Å². The largest absolute Gasteiger partial charge is 0.493 e. The molecular weight excluding hydrogens is 367 g/mol. The maximum atomic E-state index is 12.0. The molecule has 4 nitrogen and oxygen atoms in total. The smallest absolute Gasteiger partial charge is 0.264 e. The number of ether oxygens (including phenoxy) is 1. The Morgan fingerprint density at radius 3 is 3.10 bits per heavy atom. The molecule has 20 heavy (non-hydrogen) atoms. The van der Waals surface area contributed by atoms with Crippen LogP contribution >= 0.6 is 22.6 Å². The SMILES string of the molecule is CCCc1nc(-c2ccc3c(c2)CCO3)[nH]c(=O)c1I. The van der Waals surface area contributed by atoms with Gasteiger partial charge in [-0.05, 0) is 52.8 Å². The van der Waals surface area contributed by atoms with Crippen molar-refractivity contribution in [1.29, 1.82) is 0 Å². The summed E-state index contributed by atoms with van der Waals surface area (Å²) in [6, 6.07) is 5.96. The molecule has 0 saturated carbocycles. The molecule has 2 aromatic rings. The number of benzene rings is 1. The van der Waals surface area contributed by atoms with Crippen LogP contribution in [0.2, 0.25) is 0 Å². The molecule has 1 aliphatic heterocycles. The van der Waals surface area contributed by atoms with E-state index < -0.39 is 0 Å². The van der Waals surface area contributed by atoms with Crippen molar-refractivity contribution in [3.63, 3.8) is 0 Å². The van der Waals surface area contributed by atoms with Crippen LogP contribution in [0.25, 0.3) is 11.4 Å². The second kappa shape index (κ2) is 5.55. The van der Waals surface area contributed by atoms with Gasteiger partial charge in [-0.25, -0.2) is 4.98 Å². The second-order valence-electron chi connectivity index (χ2n) is 4.85. The van der Waals surface area contributed by atoms with Gasteiger partial charge in [0.05, 0.1) is 15.9 Å². The fourth-order valence-electron chi connectivity index (χ4n) is 2.38. The topological polar surface area (TPSA) is 55.0 Å². The first-order valence-electron chi connectivity index (χ1n) is 6.74. The Labute approximate surface area is 130 Å². The highest BCUT2D eigenvalue weighted by atomic mass is 127. The average molecular weight is 382 g/mol. The zero-order valence-electron chi connectivity index (χ0n) is 11.2. The molecule has 0 atom stereocenters. The quantitative estimate of drug-likeness (QED) is 0.831. The number of halogens is 1. The summed E-state index contributed by atoms with van der Waals surface area (Å²) in [5.41, 5.74) is 2.94. The van der Waals surface area contributed by atoms with Gasteiger partial charge in [-0.2, -0.15) is 0 Å². The summed E-state index contributed by atoms with van der Waals surface area (Å²) in [7, 11) is 0. The summed E-state index contributed by atoms with van der Waals surface area (Å²) in [5, 5.41) is 0. The van der Waals surface area contributed by atoms with E-state index in [1.165, 1.54) is 5.56 Å². The van der Waals surface area contributed by atoms with E-state index >= 15 is 0 Å². The van der Waals surface area contributed by atoms with Crippen molar-refractivity contribution in [2.45, 2.75) is 26.2 Å². The van der Waals surface area contributed by atoms with Gasteiger partial charge in [-0.1, -0.05) is 13.3 Å². The van der Waals surface area contributed by atoms with Gasteiger partial charge in [0, 0.05) is 12.0 Å². The van der Waals surface area contributed by atoms with Crippen LogP contribution in [0.5, 0.6) is 5.75 Å². The van der Waals surface area contributed by atoms with E-state index in [0.717, 1.165) is 42.9 Å². The highest BCUT2D eigenvalue weighted by molar-refractivity contribution is 14.1. The Hall–Kier alpha value is -1.37. The molecule has 0 spiro atoms. The normalized spacial score (nSPS) is 13.1. The van der Waals surface area contributed by atoms with Crippen molar-refractivity contribution in [3.05, 3.63) is 43.4 Å². The van der Waals surface area contributed by atoms with Crippen LogP contribution in [-0.2, 0) is 12.8 Å². The van der Waals surface area contributed by atoms with Crippen molar-refractivity contribution < 1.29 is 4.74 Å². The van der Waals surface area contributed by atoms with Crippen molar-refractivity contribution in [2.75, 3.05) is 6.61 Å². The van der Waals surface area contributed by atoms with Crippen molar-refractivity contribution in [3.8, 4) is 17.1 Å². The van der Waals surface area contributed by atoms with Gasteiger partial charge in [0.2, 0.25) is 0 Å².